The first kappa shape index (κ1) is 20.7. The quantitative estimate of drug-likeness (QED) is 0.475. The SMILES string of the molecule is O=C(Nc1cccc(-c2ccc(N3CCOCC3)nn2)c1)c1cc([N+](=O)[O-])ccc1Cl. The van der Waals surface area contributed by atoms with E-state index >= 15 is 0 Å². The number of hydrogen-bond donors (Lipinski definition) is 1. The maximum absolute atomic E-state index is 12.6. The van der Waals surface area contributed by atoms with Crippen LogP contribution >= 0.6 is 11.6 Å². The number of ether oxygens (including phenoxy) is 1. The lowest BCUT2D eigenvalue weighted by atomic mass is 10.1. The van der Waals surface area contributed by atoms with Gasteiger partial charge in [-0.2, -0.15) is 0 Å². The summed E-state index contributed by atoms with van der Waals surface area (Å²) in [6.45, 7) is 2.88. The first-order chi connectivity index (χ1) is 15.0. The predicted molar refractivity (Wildman–Crippen MR) is 117 cm³/mol. The van der Waals surface area contributed by atoms with E-state index in [2.05, 4.69) is 20.4 Å². The normalized spacial score (nSPS) is 13.6. The summed E-state index contributed by atoms with van der Waals surface area (Å²) >= 11 is 6.05. The molecule has 9 nitrogen and oxygen atoms in total. The zero-order chi connectivity index (χ0) is 21.8. The largest absolute Gasteiger partial charge is 0.378 e. The van der Waals surface area contributed by atoms with Crippen molar-refractivity contribution in [3.05, 3.63) is 75.3 Å². The molecule has 158 valence electrons. The smallest absolute Gasteiger partial charge is 0.270 e. The Morgan fingerprint density at radius 1 is 1.10 bits per heavy atom. The Labute approximate surface area is 182 Å². The number of nitrogens with zero attached hydrogens (tertiary/aromatic N) is 4. The fourth-order valence-electron chi connectivity index (χ4n) is 3.20. The van der Waals surface area contributed by atoms with Crippen LogP contribution < -0.4 is 10.2 Å². The number of halogens is 1. The minimum Gasteiger partial charge on any atom is -0.378 e. The highest BCUT2D eigenvalue weighted by Crippen LogP contribution is 2.25. The summed E-state index contributed by atoms with van der Waals surface area (Å²) in [5.41, 5.74) is 1.74. The standard InChI is InChI=1S/C21H18ClN5O4/c22-18-5-4-16(27(29)30)13-17(18)21(28)23-15-3-1-2-14(12-15)19-6-7-20(25-24-19)26-8-10-31-11-9-26/h1-7,12-13H,8-11H2,(H,23,28). The monoisotopic (exact) mass is 439 g/mol. The van der Waals surface area contributed by atoms with Gasteiger partial charge in [0.1, 0.15) is 0 Å². The van der Waals surface area contributed by atoms with Gasteiger partial charge in [0.05, 0.1) is 34.4 Å². The Hall–Kier alpha value is -3.56. The first-order valence-corrected chi connectivity index (χ1v) is 9.91. The van der Waals surface area contributed by atoms with Gasteiger partial charge >= 0.3 is 0 Å². The molecule has 1 amide bonds. The van der Waals surface area contributed by atoms with Crippen LogP contribution in [0.2, 0.25) is 5.02 Å². The summed E-state index contributed by atoms with van der Waals surface area (Å²) in [6.07, 6.45) is 0. The Balaban J connectivity index is 1.51. The third-order valence-corrected chi connectivity index (χ3v) is 5.14. The number of aromatic nitrogens is 2. The molecule has 10 heteroatoms. The fourth-order valence-corrected chi connectivity index (χ4v) is 3.40. The van der Waals surface area contributed by atoms with Crippen LogP contribution in [0.4, 0.5) is 17.2 Å². The van der Waals surface area contributed by atoms with Crippen LogP contribution in [0.25, 0.3) is 11.3 Å². The van der Waals surface area contributed by atoms with E-state index in [0.29, 0.717) is 24.6 Å². The van der Waals surface area contributed by atoms with Gasteiger partial charge in [-0.15, -0.1) is 10.2 Å². The summed E-state index contributed by atoms with van der Waals surface area (Å²) in [4.78, 5) is 25.1. The molecule has 2 heterocycles. The molecule has 1 fully saturated rings. The molecule has 0 bridgehead atoms. The number of anilines is 2. The van der Waals surface area contributed by atoms with Crippen LogP contribution in [-0.4, -0.2) is 47.3 Å². The van der Waals surface area contributed by atoms with Crippen LogP contribution in [0.5, 0.6) is 0 Å². The summed E-state index contributed by atoms with van der Waals surface area (Å²) in [6, 6.07) is 14.6. The number of nitrogens with one attached hydrogen (secondary N) is 1. The van der Waals surface area contributed by atoms with E-state index in [9.17, 15) is 14.9 Å². The van der Waals surface area contributed by atoms with Gasteiger partial charge < -0.3 is 15.0 Å². The molecule has 4 rings (SSSR count). The summed E-state index contributed by atoms with van der Waals surface area (Å²) in [7, 11) is 0. The van der Waals surface area contributed by atoms with Gasteiger partial charge in [-0.1, -0.05) is 23.7 Å². The van der Waals surface area contributed by atoms with Gasteiger partial charge in [0, 0.05) is 36.5 Å². The van der Waals surface area contributed by atoms with Crippen molar-refractivity contribution in [3.63, 3.8) is 0 Å². The predicted octanol–water partition coefficient (Wildman–Crippen LogP) is 3.79. The maximum Gasteiger partial charge on any atom is 0.270 e. The molecule has 2 aromatic carbocycles. The Morgan fingerprint density at radius 2 is 1.90 bits per heavy atom. The van der Waals surface area contributed by atoms with Crippen LogP contribution in [0.3, 0.4) is 0 Å². The van der Waals surface area contributed by atoms with Crippen LogP contribution in [0.15, 0.2) is 54.6 Å². The number of morpholine rings is 1. The highest BCUT2D eigenvalue weighted by atomic mass is 35.5. The zero-order valence-electron chi connectivity index (χ0n) is 16.3. The molecule has 0 saturated carbocycles. The van der Waals surface area contributed by atoms with Crippen LogP contribution in [0, 0.1) is 10.1 Å². The topological polar surface area (TPSA) is 110 Å². The molecule has 1 N–H and O–H groups in total. The number of benzene rings is 2. The minimum absolute atomic E-state index is 0.0240. The molecule has 0 unspecified atom stereocenters. The number of rotatable bonds is 5. The molecular formula is C21H18ClN5O4. The molecule has 1 aromatic heterocycles. The van der Waals surface area contributed by atoms with Gasteiger partial charge in [-0.25, -0.2) is 0 Å². The Bertz CT molecular complexity index is 1120. The lowest BCUT2D eigenvalue weighted by molar-refractivity contribution is -0.384. The number of nitro groups is 1. The highest BCUT2D eigenvalue weighted by molar-refractivity contribution is 6.34. The zero-order valence-corrected chi connectivity index (χ0v) is 17.1. The van der Waals surface area contributed by atoms with E-state index in [1.165, 1.54) is 12.1 Å². The molecule has 31 heavy (non-hydrogen) atoms. The molecule has 0 radical (unpaired) electrons. The van der Waals surface area contributed by atoms with Crippen molar-refractivity contribution < 1.29 is 14.5 Å². The van der Waals surface area contributed by atoms with Gasteiger partial charge in [-0.05, 0) is 30.3 Å². The van der Waals surface area contributed by atoms with Gasteiger partial charge in [0.25, 0.3) is 11.6 Å². The number of non-ortho nitro benzene ring substituents is 1. The van der Waals surface area contributed by atoms with E-state index in [0.717, 1.165) is 30.5 Å². The third-order valence-electron chi connectivity index (χ3n) is 4.81. The average molecular weight is 440 g/mol. The lowest BCUT2D eigenvalue weighted by Gasteiger charge is -2.27. The number of nitro benzene ring substituents is 1. The highest BCUT2D eigenvalue weighted by Gasteiger charge is 2.17. The Kier molecular flexibility index (Phi) is 6.06. The van der Waals surface area contributed by atoms with E-state index in [4.69, 9.17) is 16.3 Å². The second-order valence-electron chi connectivity index (χ2n) is 6.83. The van der Waals surface area contributed by atoms with E-state index in [1.54, 1.807) is 18.2 Å². The number of carbonyl (C=O) groups is 1. The molecule has 0 aliphatic carbocycles. The maximum atomic E-state index is 12.6. The van der Waals surface area contributed by atoms with Crippen molar-refractivity contribution in [1.82, 2.24) is 10.2 Å². The second-order valence-corrected chi connectivity index (χ2v) is 7.24. The van der Waals surface area contributed by atoms with Crippen molar-refractivity contribution in [2.24, 2.45) is 0 Å². The number of amides is 1. The van der Waals surface area contributed by atoms with E-state index in [1.807, 2.05) is 18.2 Å². The van der Waals surface area contributed by atoms with E-state index in [-0.39, 0.29) is 16.3 Å². The van der Waals surface area contributed by atoms with Crippen molar-refractivity contribution in [3.8, 4) is 11.3 Å². The molecule has 0 atom stereocenters. The fraction of sp³-hybridized carbons (Fsp3) is 0.190. The second kappa shape index (κ2) is 9.07. The van der Waals surface area contributed by atoms with Gasteiger partial charge in [0.2, 0.25) is 0 Å². The van der Waals surface area contributed by atoms with Crippen LogP contribution in [0.1, 0.15) is 10.4 Å². The van der Waals surface area contributed by atoms with Crippen molar-refractivity contribution >= 4 is 34.7 Å². The summed E-state index contributed by atoms with van der Waals surface area (Å²) in [5, 5.41) is 22.4. The average Bonchev–Trinajstić information content (AvgIpc) is 2.80. The number of hydrogen-bond acceptors (Lipinski definition) is 7. The van der Waals surface area contributed by atoms with Crippen molar-refractivity contribution in [2.45, 2.75) is 0 Å². The molecule has 1 aliphatic heterocycles. The van der Waals surface area contributed by atoms with Crippen molar-refractivity contribution in [2.75, 3.05) is 36.5 Å². The minimum atomic E-state index is -0.576. The lowest BCUT2D eigenvalue weighted by Crippen LogP contribution is -2.36. The van der Waals surface area contributed by atoms with Gasteiger partial charge in [0.15, 0.2) is 5.82 Å². The van der Waals surface area contributed by atoms with Crippen LogP contribution in [-0.2, 0) is 4.74 Å². The molecule has 1 aliphatic rings. The molecule has 3 aromatic rings. The summed E-state index contributed by atoms with van der Waals surface area (Å²) in [5.74, 6) is 0.247. The van der Waals surface area contributed by atoms with E-state index < -0.39 is 10.8 Å². The Morgan fingerprint density at radius 3 is 2.61 bits per heavy atom. The molecular weight excluding hydrogens is 422 g/mol. The molecule has 0 spiro atoms. The first-order valence-electron chi connectivity index (χ1n) is 9.53. The number of carbonyl (C=O) groups excluding carboxylic acids is 1. The van der Waals surface area contributed by atoms with Crippen molar-refractivity contribution in [1.29, 1.82) is 0 Å². The molecule has 1 saturated heterocycles. The van der Waals surface area contributed by atoms with Gasteiger partial charge in [-0.3, -0.25) is 14.9 Å². The summed E-state index contributed by atoms with van der Waals surface area (Å²) < 4.78 is 5.35. The third kappa shape index (κ3) is 4.79.